The number of rotatable bonds is 3. The molecular weight excluding hydrogens is 376 g/mol. The predicted octanol–water partition coefficient (Wildman–Crippen LogP) is 3.77. The number of urea groups is 1. The molecule has 1 aliphatic carbocycles. The van der Waals surface area contributed by atoms with Crippen molar-refractivity contribution in [3.05, 3.63) is 57.5 Å². The number of aryl methyl sites for hydroxylation is 2. The first-order chi connectivity index (χ1) is 13.5. The van der Waals surface area contributed by atoms with Gasteiger partial charge in [0.25, 0.3) is 5.91 Å². The Hall–Kier alpha value is -2.93. The average Bonchev–Trinajstić information content (AvgIpc) is 3.36. The molecule has 1 atom stereocenters. The highest BCUT2D eigenvalue weighted by Crippen LogP contribution is 2.42. The van der Waals surface area contributed by atoms with Crippen LogP contribution in [0.25, 0.3) is 11.0 Å². The van der Waals surface area contributed by atoms with Crippen LogP contribution in [0.3, 0.4) is 0 Å². The van der Waals surface area contributed by atoms with Gasteiger partial charge in [-0.15, -0.1) is 11.3 Å². The number of imide groups is 1. The lowest BCUT2D eigenvalue weighted by molar-refractivity contribution is -0.131. The molecule has 3 amide bonds. The maximum absolute atomic E-state index is 13.2. The predicted molar refractivity (Wildman–Crippen MR) is 104 cm³/mol. The minimum atomic E-state index is -1.03. The topological polar surface area (TPSA) is 79.6 Å². The fourth-order valence-corrected chi connectivity index (χ4v) is 5.34. The van der Waals surface area contributed by atoms with Crippen molar-refractivity contribution in [2.45, 2.75) is 31.7 Å². The van der Waals surface area contributed by atoms with E-state index in [0.29, 0.717) is 12.0 Å². The van der Waals surface area contributed by atoms with E-state index in [9.17, 15) is 14.4 Å². The van der Waals surface area contributed by atoms with Gasteiger partial charge in [0.15, 0.2) is 5.76 Å². The van der Waals surface area contributed by atoms with Gasteiger partial charge in [0.2, 0.25) is 5.78 Å². The van der Waals surface area contributed by atoms with Gasteiger partial charge in [-0.05, 0) is 43.7 Å². The van der Waals surface area contributed by atoms with Gasteiger partial charge < -0.3 is 9.73 Å². The first-order valence-corrected chi connectivity index (χ1v) is 10.1. The molecule has 0 saturated carbocycles. The van der Waals surface area contributed by atoms with Gasteiger partial charge >= 0.3 is 6.03 Å². The van der Waals surface area contributed by atoms with Crippen LogP contribution in [0, 0.1) is 6.92 Å². The van der Waals surface area contributed by atoms with E-state index in [1.54, 1.807) is 17.4 Å². The third-order valence-corrected chi connectivity index (χ3v) is 6.72. The van der Waals surface area contributed by atoms with Crippen LogP contribution in [0.15, 0.2) is 40.1 Å². The van der Waals surface area contributed by atoms with E-state index in [0.717, 1.165) is 39.1 Å². The third kappa shape index (κ3) is 2.29. The lowest BCUT2D eigenvalue weighted by Crippen LogP contribution is -2.46. The van der Waals surface area contributed by atoms with Crippen LogP contribution in [0.1, 0.15) is 39.4 Å². The molecule has 3 aromatic rings. The van der Waals surface area contributed by atoms with E-state index in [2.05, 4.69) is 5.32 Å². The van der Waals surface area contributed by atoms with Gasteiger partial charge in [-0.3, -0.25) is 14.5 Å². The number of para-hydroxylation sites is 1. The molecule has 28 heavy (non-hydrogen) atoms. The molecule has 2 aliphatic rings. The maximum Gasteiger partial charge on any atom is 0.325 e. The summed E-state index contributed by atoms with van der Waals surface area (Å²) < 4.78 is 5.70. The van der Waals surface area contributed by atoms with Crippen LogP contribution in [0.2, 0.25) is 0 Å². The van der Waals surface area contributed by atoms with E-state index in [-0.39, 0.29) is 24.0 Å². The second-order valence-electron chi connectivity index (χ2n) is 7.31. The number of fused-ring (bicyclic) bond motifs is 3. The molecule has 0 bridgehead atoms. The van der Waals surface area contributed by atoms with Crippen LogP contribution in [-0.4, -0.2) is 29.2 Å². The summed E-state index contributed by atoms with van der Waals surface area (Å²) in [4.78, 5) is 40.9. The number of Topliss-reactive ketones (excluding diaryl/α,β-unsaturated/α-hetero) is 1. The Kier molecular flexibility index (Phi) is 3.71. The van der Waals surface area contributed by atoms with Crippen LogP contribution in [0.5, 0.6) is 0 Å². The number of hydrogen-bond acceptors (Lipinski definition) is 5. The number of furan rings is 1. The molecule has 2 aromatic heterocycles. The highest BCUT2D eigenvalue weighted by molar-refractivity contribution is 7.10. The van der Waals surface area contributed by atoms with Crippen LogP contribution in [-0.2, 0) is 16.8 Å². The van der Waals surface area contributed by atoms with E-state index < -0.39 is 11.6 Å². The fourth-order valence-electron chi connectivity index (χ4n) is 4.34. The molecule has 5 rings (SSSR count). The number of carbonyl (C=O) groups excluding carboxylic acids is 3. The van der Waals surface area contributed by atoms with Crippen LogP contribution in [0.4, 0.5) is 4.79 Å². The Morgan fingerprint density at radius 3 is 2.93 bits per heavy atom. The summed E-state index contributed by atoms with van der Waals surface area (Å²) in [6.07, 6.45) is 2.29. The maximum atomic E-state index is 13.2. The van der Waals surface area contributed by atoms with E-state index in [1.807, 2.05) is 36.6 Å². The van der Waals surface area contributed by atoms with Crippen molar-refractivity contribution in [2.24, 2.45) is 0 Å². The molecule has 0 unspecified atom stereocenters. The molecule has 1 aromatic carbocycles. The van der Waals surface area contributed by atoms with Gasteiger partial charge in [-0.25, -0.2) is 4.79 Å². The zero-order chi connectivity index (χ0) is 19.5. The third-order valence-electron chi connectivity index (χ3n) is 5.74. The quantitative estimate of drug-likeness (QED) is 0.542. The summed E-state index contributed by atoms with van der Waals surface area (Å²) in [7, 11) is 0. The van der Waals surface area contributed by atoms with Crippen molar-refractivity contribution in [3.8, 4) is 0 Å². The van der Waals surface area contributed by atoms with E-state index in [4.69, 9.17) is 4.42 Å². The zero-order valence-electron chi connectivity index (χ0n) is 15.3. The van der Waals surface area contributed by atoms with E-state index in [1.165, 1.54) is 0 Å². The minimum absolute atomic E-state index is 0.197. The van der Waals surface area contributed by atoms with Gasteiger partial charge in [0, 0.05) is 21.4 Å². The first-order valence-electron chi connectivity index (χ1n) is 9.23. The molecule has 1 aliphatic heterocycles. The number of nitrogens with one attached hydrogen (secondary N) is 1. The summed E-state index contributed by atoms with van der Waals surface area (Å²) in [5.41, 5.74) is 1.18. The Morgan fingerprint density at radius 2 is 2.11 bits per heavy atom. The second-order valence-corrected chi connectivity index (χ2v) is 8.31. The van der Waals surface area contributed by atoms with Crippen molar-refractivity contribution >= 4 is 40.0 Å². The number of hydrogen-bond donors (Lipinski definition) is 1. The van der Waals surface area contributed by atoms with Crippen molar-refractivity contribution < 1.29 is 18.8 Å². The van der Waals surface area contributed by atoms with Crippen molar-refractivity contribution in [1.82, 2.24) is 10.2 Å². The lowest BCUT2D eigenvalue weighted by atomic mass is 9.80. The summed E-state index contributed by atoms with van der Waals surface area (Å²) >= 11 is 1.60. The molecule has 1 saturated heterocycles. The molecule has 0 radical (unpaired) electrons. The largest absolute Gasteiger partial charge is 0.453 e. The molecule has 1 spiro atoms. The van der Waals surface area contributed by atoms with Crippen molar-refractivity contribution in [1.29, 1.82) is 0 Å². The van der Waals surface area contributed by atoms with Gasteiger partial charge in [0.05, 0.1) is 6.54 Å². The molecule has 6 nitrogen and oxygen atoms in total. The Bertz CT molecular complexity index is 1140. The second kappa shape index (κ2) is 6.04. The van der Waals surface area contributed by atoms with Gasteiger partial charge in [0.1, 0.15) is 11.1 Å². The number of amides is 3. The molecule has 142 valence electrons. The number of thiophene rings is 1. The van der Waals surface area contributed by atoms with Crippen molar-refractivity contribution in [2.75, 3.05) is 6.54 Å². The average molecular weight is 394 g/mol. The summed E-state index contributed by atoms with van der Waals surface area (Å²) in [6, 6.07) is 8.78. The fraction of sp³-hybridized carbons (Fsp3) is 0.286. The van der Waals surface area contributed by atoms with Gasteiger partial charge in [-0.1, -0.05) is 18.2 Å². The highest BCUT2D eigenvalue weighted by Gasteiger charge is 2.54. The highest BCUT2D eigenvalue weighted by atomic mass is 32.1. The lowest BCUT2D eigenvalue weighted by Gasteiger charge is -2.31. The number of carbonyl (C=O) groups is 3. The van der Waals surface area contributed by atoms with Crippen LogP contribution < -0.4 is 5.32 Å². The first kappa shape index (κ1) is 17.2. The minimum Gasteiger partial charge on any atom is -0.453 e. The van der Waals surface area contributed by atoms with Gasteiger partial charge in [-0.2, -0.15) is 0 Å². The summed E-state index contributed by atoms with van der Waals surface area (Å²) in [6.45, 7) is 1.48. The smallest absolute Gasteiger partial charge is 0.325 e. The van der Waals surface area contributed by atoms with Crippen LogP contribution >= 0.6 is 11.3 Å². The summed E-state index contributed by atoms with van der Waals surface area (Å²) in [5, 5.41) is 5.67. The Labute approximate surface area is 165 Å². The van der Waals surface area contributed by atoms with Crippen molar-refractivity contribution in [3.63, 3.8) is 0 Å². The normalized spacial score (nSPS) is 21.4. The Balaban J connectivity index is 1.46. The SMILES string of the molecule is Cc1c(C(=O)CN2C(=O)N[C@@]3(CCCc4sccc43)C2=O)oc2ccccc12. The number of benzene rings is 1. The standard InChI is InChI=1S/C21H18N2O4S/c1-12-13-5-2-3-6-16(13)27-18(12)15(24)11-23-19(25)21(22-20(23)26)9-4-7-17-14(21)8-10-28-17/h2-3,5-6,8,10H,4,7,9,11H2,1H3,(H,22,26)/t21-/m1/s1. The monoisotopic (exact) mass is 394 g/mol. The molecule has 7 heteroatoms. The molecule has 1 fully saturated rings. The summed E-state index contributed by atoms with van der Waals surface area (Å²) in [5.74, 6) is -0.530. The van der Waals surface area contributed by atoms with E-state index >= 15 is 0 Å². The Morgan fingerprint density at radius 1 is 1.29 bits per heavy atom. The zero-order valence-corrected chi connectivity index (χ0v) is 16.1. The number of nitrogens with zero attached hydrogens (tertiary/aromatic N) is 1. The molecule has 3 heterocycles. The molecule has 1 N–H and O–H groups in total. The number of ketones is 1. The molecular formula is C21H18N2O4S.